The summed E-state index contributed by atoms with van der Waals surface area (Å²) in [6, 6.07) is 2.14. The molecule has 0 aliphatic heterocycles. The molecular weight excluding hydrogens is 214 g/mol. The predicted octanol–water partition coefficient (Wildman–Crippen LogP) is 1.30. The highest BCUT2D eigenvalue weighted by Gasteiger charge is 2.09. The lowest BCUT2D eigenvalue weighted by Crippen LogP contribution is -2.28. The molecule has 0 atom stereocenters. The molecule has 0 aliphatic rings. The molecule has 4 nitrogen and oxygen atoms in total. The molecule has 0 aromatic carbocycles. The molecule has 0 bridgehead atoms. The smallest absolute Gasteiger partial charge is 0.120 e. The highest BCUT2D eigenvalue weighted by Crippen LogP contribution is 2.15. The van der Waals surface area contributed by atoms with Crippen LogP contribution in [0.2, 0.25) is 0 Å². The van der Waals surface area contributed by atoms with Gasteiger partial charge in [-0.3, -0.25) is 4.90 Å². The fourth-order valence-electron chi connectivity index (χ4n) is 1.72. The zero-order valence-corrected chi connectivity index (χ0v) is 11.7. The molecule has 0 radical (unpaired) electrons. The maximum absolute atomic E-state index is 5.81. The van der Waals surface area contributed by atoms with Gasteiger partial charge in [0.1, 0.15) is 11.5 Å². The van der Waals surface area contributed by atoms with Crippen LogP contribution in [0.15, 0.2) is 10.5 Å². The Labute approximate surface area is 105 Å². The van der Waals surface area contributed by atoms with Crippen molar-refractivity contribution in [2.24, 2.45) is 0 Å². The average molecular weight is 239 g/mol. The fraction of sp³-hybridized carbons (Fsp3) is 0.692. The van der Waals surface area contributed by atoms with Crippen molar-refractivity contribution in [3.63, 3.8) is 0 Å². The fourth-order valence-corrected chi connectivity index (χ4v) is 1.72. The minimum atomic E-state index is 0.799. The molecule has 0 saturated heterocycles. The van der Waals surface area contributed by atoms with Gasteiger partial charge in [0.15, 0.2) is 0 Å². The maximum Gasteiger partial charge on any atom is 0.120 e. The first-order valence-electron chi connectivity index (χ1n) is 6.09. The van der Waals surface area contributed by atoms with Crippen LogP contribution in [0.4, 0.5) is 0 Å². The van der Waals surface area contributed by atoms with Gasteiger partial charge in [0, 0.05) is 13.1 Å². The molecule has 0 spiro atoms. The van der Waals surface area contributed by atoms with Crippen molar-refractivity contribution in [1.82, 2.24) is 15.1 Å². The molecular formula is C13H25N3O. The molecule has 17 heavy (non-hydrogen) atoms. The number of furan rings is 1. The summed E-state index contributed by atoms with van der Waals surface area (Å²) in [5, 5.41) is 3.12. The summed E-state index contributed by atoms with van der Waals surface area (Å²) in [6.45, 7) is 5.89. The molecule has 1 aromatic heterocycles. The second-order valence-corrected chi connectivity index (χ2v) is 4.89. The van der Waals surface area contributed by atoms with E-state index >= 15 is 0 Å². The van der Waals surface area contributed by atoms with Crippen LogP contribution in [0.25, 0.3) is 0 Å². The van der Waals surface area contributed by atoms with Gasteiger partial charge in [-0.05, 0) is 46.7 Å². The van der Waals surface area contributed by atoms with Crippen molar-refractivity contribution in [1.29, 1.82) is 0 Å². The first-order valence-corrected chi connectivity index (χ1v) is 6.09. The van der Waals surface area contributed by atoms with Gasteiger partial charge in [0.05, 0.1) is 13.1 Å². The second-order valence-electron chi connectivity index (χ2n) is 4.89. The lowest BCUT2D eigenvalue weighted by molar-refractivity contribution is 0.255. The summed E-state index contributed by atoms with van der Waals surface area (Å²) in [4.78, 5) is 4.47. The predicted molar refractivity (Wildman–Crippen MR) is 71.1 cm³/mol. The molecule has 0 saturated carbocycles. The monoisotopic (exact) mass is 239 g/mol. The third-order valence-electron chi connectivity index (χ3n) is 2.76. The highest BCUT2D eigenvalue weighted by molar-refractivity contribution is 5.19. The van der Waals surface area contributed by atoms with Gasteiger partial charge in [-0.25, -0.2) is 0 Å². The third-order valence-corrected chi connectivity index (χ3v) is 2.76. The number of aryl methyl sites for hydroxylation is 1. The van der Waals surface area contributed by atoms with E-state index in [9.17, 15) is 0 Å². The van der Waals surface area contributed by atoms with Crippen molar-refractivity contribution >= 4 is 0 Å². The van der Waals surface area contributed by atoms with Crippen LogP contribution in [-0.4, -0.2) is 51.1 Å². The van der Waals surface area contributed by atoms with E-state index in [1.807, 2.05) is 7.05 Å². The topological polar surface area (TPSA) is 31.7 Å². The van der Waals surface area contributed by atoms with Crippen LogP contribution >= 0.6 is 0 Å². The lowest BCUT2D eigenvalue weighted by Gasteiger charge is -2.17. The Morgan fingerprint density at radius 3 is 2.53 bits per heavy atom. The summed E-state index contributed by atoms with van der Waals surface area (Å²) in [5.74, 6) is 2.09. The van der Waals surface area contributed by atoms with E-state index in [4.69, 9.17) is 4.42 Å². The number of nitrogens with one attached hydrogen (secondary N) is 1. The largest absolute Gasteiger partial charge is 0.463 e. The van der Waals surface area contributed by atoms with Crippen LogP contribution < -0.4 is 5.32 Å². The van der Waals surface area contributed by atoms with Gasteiger partial charge < -0.3 is 14.6 Å². The molecule has 0 unspecified atom stereocenters. The molecule has 0 fully saturated rings. The quantitative estimate of drug-likeness (QED) is 0.777. The number of hydrogen-bond donors (Lipinski definition) is 1. The molecule has 1 aromatic rings. The second kappa shape index (κ2) is 6.79. The van der Waals surface area contributed by atoms with Crippen LogP contribution in [0.3, 0.4) is 0 Å². The first kappa shape index (κ1) is 14.2. The summed E-state index contributed by atoms with van der Waals surface area (Å²) in [6.07, 6.45) is 0. The van der Waals surface area contributed by atoms with Crippen LogP contribution in [0, 0.1) is 6.92 Å². The number of likely N-dealkylation sites (N-methyl/N-ethyl adjacent to an activating group) is 2. The van der Waals surface area contributed by atoms with E-state index in [1.165, 1.54) is 5.56 Å². The van der Waals surface area contributed by atoms with Gasteiger partial charge >= 0.3 is 0 Å². The standard InChI is InChI=1S/C13H25N3O/c1-11-8-12(17-13(11)9-14-2)10-16(5)7-6-15(3)4/h8,14H,6-7,9-10H2,1-5H3. The molecule has 1 N–H and O–H groups in total. The van der Waals surface area contributed by atoms with E-state index in [-0.39, 0.29) is 0 Å². The van der Waals surface area contributed by atoms with E-state index in [2.05, 4.69) is 49.2 Å². The van der Waals surface area contributed by atoms with Crippen LogP contribution in [-0.2, 0) is 13.1 Å². The van der Waals surface area contributed by atoms with Crippen molar-refractivity contribution in [2.45, 2.75) is 20.0 Å². The van der Waals surface area contributed by atoms with Crippen molar-refractivity contribution < 1.29 is 4.42 Å². The van der Waals surface area contributed by atoms with Crippen LogP contribution in [0.1, 0.15) is 17.1 Å². The van der Waals surface area contributed by atoms with E-state index < -0.39 is 0 Å². The average Bonchev–Trinajstić information content (AvgIpc) is 2.57. The first-order chi connectivity index (χ1) is 8.02. The molecule has 0 amide bonds. The van der Waals surface area contributed by atoms with Gasteiger partial charge in [-0.2, -0.15) is 0 Å². The Morgan fingerprint density at radius 1 is 1.24 bits per heavy atom. The summed E-state index contributed by atoms with van der Waals surface area (Å²) in [5.41, 5.74) is 1.23. The molecule has 1 rings (SSSR count). The van der Waals surface area contributed by atoms with E-state index in [1.54, 1.807) is 0 Å². The molecule has 0 aliphatic carbocycles. The summed E-state index contributed by atoms with van der Waals surface area (Å²) >= 11 is 0. The molecule has 4 heteroatoms. The van der Waals surface area contributed by atoms with Gasteiger partial charge in [-0.15, -0.1) is 0 Å². The van der Waals surface area contributed by atoms with Gasteiger partial charge in [0.25, 0.3) is 0 Å². The van der Waals surface area contributed by atoms with Gasteiger partial charge in [0.2, 0.25) is 0 Å². The Balaban J connectivity index is 2.47. The van der Waals surface area contributed by atoms with Gasteiger partial charge in [-0.1, -0.05) is 0 Å². The van der Waals surface area contributed by atoms with E-state index in [0.29, 0.717) is 0 Å². The SMILES string of the molecule is CNCc1oc(CN(C)CCN(C)C)cc1C. The zero-order chi connectivity index (χ0) is 12.8. The Kier molecular flexibility index (Phi) is 5.68. The zero-order valence-electron chi connectivity index (χ0n) is 11.7. The van der Waals surface area contributed by atoms with Crippen LogP contribution in [0.5, 0.6) is 0 Å². The highest BCUT2D eigenvalue weighted by atomic mass is 16.3. The van der Waals surface area contributed by atoms with Crippen molar-refractivity contribution in [3.05, 3.63) is 23.2 Å². The summed E-state index contributed by atoms with van der Waals surface area (Å²) in [7, 11) is 8.25. The van der Waals surface area contributed by atoms with Crippen molar-refractivity contribution in [3.8, 4) is 0 Å². The van der Waals surface area contributed by atoms with Crippen molar-refractivity contribution in [2.75, 3.05) is 41.3 Å². The molecule has 98 valence electrons. The third kappa shape index (κ3) is 4.89. The Hall–Kier alpha value is -0.840. The minimum absolute atomic E-state index is 0.799. The minimum Gasteiger partial charge on any atom is -0.463 e. The Bertz CT molecular complexity index is 333. The number of hydrogen-bond acceptors (Lipinski definition) is 4. The lowest BCUT2D eigenvalue weighted by atomic mass is 10.2. The summed E-state index contributed by atoms with van der Waals surface area (Å²) < 4.78 is 5.81. The maximum atomic E-state index is 5.81. The number of nitrogens with zero attached hydrogens (tertiary/aromatic N) is 2. The Morgan fingerprint density at radius 2 is 1.94 bits per heavy atom. The van der Waals surface area contributed by atoms with E-state index in [0.717, 1.165) is 37.7 Å². The molecule has 1 heterocycles. The number of rotatable bonds is 7. The normalized spacial score (nSPS) is 11.7.